The monoisotopic (exact) mass is 342 g/mol. The number of aromatic nitrogens is 1. The standard InChI is InChI=1S/C18H18N2O3S/c1-11-15(20-18(23-11)12-6-8-24-10-12)9-17(21)19-14-3-2-4-16-13(14)5-7-22-16/h5-8,10,14H,2-4,9H2,1H3,(H,19,21)/t14-/m0/s1. The molecule has 4 rings (SSSR count). The quantitative estimate of drug-likeness (QED) is 0.777. The number of carbonyl (C=O) groups is 1. The van der Waals surface area contributed by atoms with Crippen LogP contribution in [-0.2, 0) is 17.6 Å². The average Bonchev–Trinajstić information content (AvgIpc) is 3.28. The highest BCUT2D eigenvalue weighted by Gasteiger charge is 2.24. The minimum absolute atomic E-state index is 0.0311. The van der Waals surface area contributed by atoms with Crippen molar-refractivity contribution in [1.29, 1.82) is 0 Å². The van der Waals surface area contributed by atoms with E-state index >= 15 is 0 Å². The van der Waals surface area contributed by atoms with Crippen LogP contribution in [0, 0.1) is 6.92 Å². The molecule has 0 fully saturated rings. The summed E-state index contributed by atoms with van der Waals surface area (Å²) in [5.74, 6) is 2.22. The van der Waals surface area contributed by atoms with Crippen molar-refractivity contribution in [3.8, 4) is 11.5 Å². The third-order valence-corrected chi connectivity index (χ3v) is 5.06. The molecule has 124 valence electrons. The summed E-state index contributed by atoms with van der Waals surface area (Å²) >= 11 is 1.59. The summed E-state index contributed by atoms with van der Waals surface area (Å²) in [6, 6.07) is 3.95. The van der Waals surface area contributed by atoms with Crippen molar-refractivity contribution >= 4 is 17.2 Å². The normalized spacial score (nSPS) is 16.8. The molecule has 0 saturated heterocycles. The molecule has 3 heterocycles. The molecule has 0 bridgehead atoms. The van der Waals surface area contributed by atoms with Crippen LogP contribution in [0.4, 0.5) is 0 Å². The summed E-state index contributed by atoms with van der Waals surface area (Å²) in [4.78, 5) is 16.9. The summed E-state index contributed by atoms with van der Waals surface area (Å²) in [5, 5.41) is 7.07. The van der Waals surface area contributed by atoms with E-state index in [1.165, 1.54) is 0 Å². The van der Waals surface area contributed by atoms with Crippen LogP contribution in [0.3, 0.4) is 0 Å². The molecule has 0 aliphatic heterocycles. The first kappa shape index (κ1) is 15.2. The van der Waals surface area contributed by atoms with Crippen LogP contribution in [0.5, 0.6) is 0 Å². The molecule has 0 aromatic carbocycles. The first-order chi connectivity index (χ1) is 11.7. The number of carbonyl (C=O) groups excluding carboxylic acids is 1. The minimum atomic E-state index is -0.0395. The molecule has 24 heavy (non-hydrogen) atoms. The molecule has 3 aromatic rings. The summed E-state index contributed by atoms with van der Waals surface area (Å²) < 4.78 is 11.2. The molecule has 6 heteroatoms. The Morgan fingerprint density at radius 2 is 2.38 bits per heavy atom. The van der Waals surface area contributed by atoms with Crippen molar-refractivity contribution in [2.75, 3.05) is 0 Å². The number of hydrogen-bond acceptors (Lipinski definition) is 5. The van der Waals surface area contributed by atoms with Gasteiger partial charge in [0.2, 0.25) is 11.8 Å². The van der Waals surface area contributed by atoms with Crippen molar-refractivity contribution in [2.24, 2.45) is 0 Å². The molecule has 1 aliphatic carbocycles. The average molecular weight is 342 g/mol. The van der Waals surface area contributed by atoms with Crippen molar-refractivity contribution in [1.82, 2.24) is 10.3 Å². The number of hydrogen-bond donors (Lipinski definition) is 1. The Bertz CT molecular complexity index is 848. The second-order valence-corrected chi connectivity index (χ2v) is 6.80. The van der Waals surface area contributed by atoms with Crippen LogP contribution in [0.15, 0.2) is 38.0 Å². The lowest BCUT2D eigenvalue weighted by Gasteiger charge is -2.22. The fourth-order valence-corrected chi connectivity index (χ4v) is 3.77. The van der Waals surface area contributed by atoms with Gasteiger partial charge in [0.1, 0.15) is 11.5 Å². The zero-order valence-corrected chi connectivity index (χ0v) is 14.2. The van der Waals surface area contributed by atoms with Gasteiger partial charge < -0.3 is 14.2 Å². The van der Waals surface area contributed by atoms with Gasteiger partial charge in [-0.2, -0.15) is 11.3 Å². The van der Waals surface area contributed by atoms with Gasteiger partial charge in [-0.05, 0) is 37.3 Å². The number of nitrogens with one attached hydrogen (secondary N) is 1. The van der Waals surface area contributed by atoms with E-state index in [0.717, 1.165) is 36.1 Å². The van der Waals surface area contributed by atoms with Gasteiger partial charge in [0.05, 0.1) is 24.4 Å². The van der Waals surface area contributed by atoms with Crippen molar-refractivity contribution in [3.05, 3.63) is 51.9 Å². The SMILES string of the molecule is Cc1oc(-c2ccsc2)nc1CC(=O)N[C@H]1CCCc2occc21. The fraction of sp³-hybridized carbons (Fsp3) is 0.333. The van der Waals surface area contributed by atoms with Crippen LogP contribution in [-0.4, -0.2) is 10.9 Å². The van der Waals surface area contributed by atoms with Gasteiger partial charge in [-0.15, -0.1) is 0 Å². The van der Waals surface area contributed by atoms with E-state index in [4.69, 9.17) is 8.83 Å². The first-order valence-electron chi connectivity index (χ1n) is 8.05. The smallest absolute Gasteiger partial charge is 0.227 e. The van der Waals surface area contributed by atoms with Crippen molar-refractivity contribution < 1.29 is 13.6 Å². The summed E-state index contributed by atoms with van der Waals surface area (Å²) in [7, 11) is 0. The molecule has 1 amide bonds. The Balaban J connectivity index is 1.46. The number of aryl methyl sites for hydroxylation is 2. The van der Waals surface area contributed by atoms with Crippen LogP contribution in [0.1, 0.15) is 41.7 Å². The number of fused-ring (bicyclic) bond motifs is 1. The third kappa shape index (κ3) is 2.89. The lowest BCUT2D eigenvalue weighted by atomic mass is 9.93. The van der Waals surface area contributed by atoms with E-state index in [9.17, 15) is 4.79 Å². The number of oxazole rings is 1. The summed E-state index contributed by atoms with van der Waals surface area (Å²) in [6.07, 6.45) is 4.83. The largest absolute Gasteiger partial charge is 0.469 e. The van der Waals surface area contributed by atoms with Gasteiger partial charge in [0, 0.05) is 22.9 Å². The van der Waals surface area contributed by atoms with Gasteiger partial charge in [0.25, 0.3) is 0 Å². The second kappa shape index (κ2) is 6.28. The highest BCUT2D eigenvalue weighted by atomic mass is 32.1. The molecule has 0 radical (unpaired) electrons. The maximum Gasteiger partial charge on any atom is 0.227 e. The number of furan rings is 1. The van der Waals surface area contributed by atoms with Gasteiger partial charge >= 0.3 is 0 Å². The maximum atomic E-state index is 12.4. The summed E-state index contributed by atoms with van der Waals surface area (Å²) in [6.45, 7) is 1.85. The lowest BCUT2D eigenvalue weighted by Crippen LogP contribution is -2.31. The molecule has 1 aliphatic rings. The van der Waals surface area contributed by atoms with Crippen LogP contribution >= 0.6 is 11.3 Å². The van der Waals surface area contributed by atoms with Gasteiger partial charge in [-0.1, -0.05) is 0 Å². The van der Waals surface area contributed by atoms with Crippen LogP contribution in [0.2, 0.25) is 0 Å². The molecule has 0 unspecified atom stereocenters. The van der Waals surface area contributed by atoms with E-state index < -0.39 is 0 Å². The Hall–Kier alpha value is -2.34. The van der Waals surface area contributed by atoms with E-state index in [0.29, 0.717) is 17.3 Å². The minimum Gasteiger partial charge on any atom is -0.469 e. The topological polar surface area (TPSA) is 68.3 Å². The fourth-order valence-electron chi connectivity index (χ4n) is 3.14. The number of nitrogens with zero attached hydrogens (tertiary/aromatic N) is 1. The van der Waals surface area contributed by atoms with Crippen molar-refractivity contribution in [3.63, 3.8) is 0 Å². The van der Waals surface area contributed by atoms with E-state index in [-0.39, 0.29) is 18.4 Å². The number of amides is 1. The lowest BCUT2D eigenvalue weighted by molar-refractivity contribution is -0.121. The third-order valence-electron chi connectivity index (χ3n) is 4.38. The number of thiophene rings is 1. The van der Waals surface area contributed by atoms with E-state index in [2.05, 4.69) is 10.3 Å². The molecular formula is C18H18N2O3S. The Morgan fingerprint density at radius 3 is 3.21 bits per heavy atom. The Kier molecular flexibility index (Phi) is 3.98. The second-order valence-electron chi connectivity index (χ2n) is 6.02. The molecule has 0 spiro atoms. The first-order valence-corrected chi connectivity index (χ1v) is 8.99. The molecule has 3 aromatic heterocycles. The Morgan fingerprint density at radius 1 is 1.46 bits per heavy atom. The zero-order valence-electron chi connectivity index (χ0n) is 13.4. The van der Waals surface area contributed by atoms with Crippen LogP contribution in [0.25, 0.3) is 11.5 Å². The number of rotatable bonds is 4. The molecule has 1 atom stereocenters. The summed E-state index contributed by atoms with van der Waals surface area (Å²) in [5.41, 5.74) is 2.74. The molecular weight excluding hydrogens is 324 g/mol. The predicted molar refractivity (Wildman–Crippen MR) is 90.8 cm³/mol. The van der Waals surface area contributed by atoms with E-state index in [1.54, 1.807) is 17.6 Å². The zero-order chi connectivity index (χ0) is 16.5. The van der Waals surface area contributed by atoms with Gasteiger partial charge in [-0.25, -0.2) is 4.98 Å². The predicted octanol–water partition coefficient (Wildman–Crippen LogP) is 4.04. The maximum absolute atomic E-state index is 12.4. The molecule has 5 nitrogen and oxygen atoms in total. The Labute approximate surface area is 143 Å². The highest BCUT2D eigenvalue weighted by Crippen LogP contribution is 2.30. The van der Waals surface area contributed by atoms with Gasteiger partial charge in [0.15, 0.2) is 0 Å². The van der Waals surface area contributed by atoms with Crippen LogP contribution < -0.4 is 5.32 Å². The molecule has 0 saturated carbocycles. The highest BCUT2D eigenvalue weighted by molar-refractivity contribution is 7.08. The van der Waals surface area contributed by atoms with Gasteiger partial charge in [-0.3, -0.25) is 4.79 Å². The molecule has 1 N–H and O–H groups in total. The van der Waals surface area contributed by atoms with Crippen molar-refractivity contribution in [2.45, 2.75) is 38.6 Å². The van der Waals surface area contributed by atoms with E-state index in [1.807, 2.05) is 29.8 Å².